The van der Waals surface area contributed by atoms with Crippen LogP contribution in [0, 0.1) is 5.92 Å². The molecule has 0 aromatic carbocycles. The van der Waals surface area contributed by atoms with Crippen LogP contribution in [0.25, 0.3) is 0 Å². The van der Waals surface area contributed by atoms with E-state index in [0.717, 1.165) is 25.5 Å². The number of hydrogen-bond donors (Lipinski definition) is 3. The molecule has 1 saturated carbocycles. The molecule has 1 aliphatic carbocycles. The number of nitrogens with zero attached hydrogens (tertiary/aromatic N) is 2. The molecule has 0 unspecified atom stereocenters. The number of anilines is 1. The molecular weight excluding hydrogens is 214 g/mol. The van der Waals surface area contributed by atoms with Crippen LogP contribution in [0.2, 0.25) is 0 Å². The molecule has 2 fully saturated rings. The van der Waals surface area contributed by atoms with Crippen molar-refractivity contribution >= 4 is 5.82 Å². The van der Waals surface area contributed by atoms with E-state index in [1.54, 1.807) is 0 Å². The van der Waals surface area contributed by atoms with E-state index in [-0.39, 0.29) is 0 Å². The third-order valence-electron chi connectivity index (χ3n) is 4.04. The van der Waals surface area contributed by atoms with Crippen LogP contribution in [-0.2, 0) is 0 Å². The molecule has 5 nitrogen and oxygen atoms in total. The van der Waals surface area contributed by atoms with Crippen LogP contribution >= 0.6 is 0 Å². The minimum absolute atomic E-state index is 0.379. The first kappa shape index (κ1) is 11.0. The molecule has 1 aliphatic heterocycles. The van der Waals surface area contributed by atoms with Gasteiger partial charge in [0.25, 0.3) is 0 Å². The standard InChI is InChI=1S/C12H21N5/c13-11-3-1-2-9(11)6-15-12-4-5-16-17(12)10-7-14-8-10/h4-5,9-11,14-15H,1-3,6-8,13H2/t9-,11-/m1/s1. The van der Waals surface area contributed by atoms with Crippen LogP contribution in [0.1, 0.15) is 25.3 Å². The maximum atomic E-state index is 6.08. The number of aromatic nitrogens is 2. The molecule has 1 saturated heterocycles. The van der Waals surface area contributed by atoms with Crippen LogP contribution in [0.4, 0.5) is 5.82 Å². The quantitative estimate of drug-likeness (QED) is 0.713. The maximum absolute atomic E-state index is 6.08. The van der Waals surface area contributed by atoms with E-state index in [2.05, 4.69) is 26.5 Å². The molecule has 0 spiro atoms. The van der Waals surface area contributed by atoms with Gasteiger partial charge in [-0.3, -0.25) is 0 Å². The topological polar surface area (TPSA) is 67.9 Å². The Morgan fingerprint density at radius 1 is 1.47 bits per heavy atom. The Kier molecular flexibility index (Phi) is 3.03. The van der Waals surface area contributed by atoms with Crippen molar-refractivity contribution in [1.29, 1.82) is 0 Å². The van der Waals surface area contributed by atoms with E-state index in [9.17, 15) is 0 Å². The third-order valence-corrected chi connectivity index (χ3v) is 4.04. The fraction of sp³-hybridized carbons (Fsp3) is 0.750. The highest BCUT2D eigenvalue weighted by Gasteiger charge is 2.25. The summed E-state index contributed by atoms with van der Waals surface area (Å²) in [5.74, 6) is 1.76. The van der Waals surface area contributed by atoms with Crippen molar-refractivity contribution in [3.63, 3.8) is 0 Å². The Morgan fingerprint density at radius 3 is 3.00 bits per heavy atom. The Balaban J connectivity index is 1.59. The monoisotopic (exact) mass is 235 g/mol. The highest BCUT2D eigenvalue weighted by Crippen LogP contribution is 2.25. The second kappa shape index (κ2) is 4.66. The fourth-order valence-electron chi connectivity index (χ4n) is 2.75. The largest absolute Gasteiger partial charge is 0.370 e. The molecule has 2 aliphatic rings. The third kappa shape index (κ3) is 2.17. The van der Waals surface area contributed by atoms with Crippen LogP contribution < -0.4 is 16.4 Å². The zero-order chi connectivity index (χ0) is 11.7. The highest BCUT2D eigenvalue weighted by molar-refractivity contribution is 5.35. The van der Waals surface area contributed by atoms with Crippen LogP contribution in [-0.4, -0.2) is 35.5 Å². The van der Waals surface area contributed by atoms with Crippen LogP contribution in [0.5, 0.6) is 0 Å². The first-order valence-electron chi connectivity index (χ1n) is 6.58. The first-order valence-corrected chi connectivity index (χ1v) is 6.58. The summed E-state index contributed by atoms with van der Waals surface area (Å²) in [5, 5.41) is 11.2. The Morgan fingerprint density at radius 2 is 2.35 bits per heavy atom. The lowest BCUT2D eigenvalue weighted by Crippen LogP contribution is -2.44. The summed E-state index contributed by atoms with van der Waals surface area (Å²) in [6.45, 7) is 3.03. The van der Waals surface area contributed by atoms with Gasteiger partial charge in [-0.05, 0) is 18.8 Å². The van der Waals surface area contributed by atoms with Crippen molar-refractivity contribution in [2.75, 3.05) is 25.0 Å². The number of hydrogen-bond acceptors (Lipinski definition) is 4. The Labute approximate surface area is 102 Å². The second-order valence-electron chi connectivity index (χ2n) is 5.21. The molecule has 2 heterocycles. The van der Waals surface area contributed by atoms with Gasteiger partial charge in [0.15, 0.2) is 0 Å². The summed E-state index contributed by atoms with van der Waals surface area (Å²) in [7, 11) is 0. The van der Waals surface area contributed by atoms with Gasteiger partial charge in [0.2, 0.25) is 0 Å². The van der Waals surface area contributed by atoms with Gasteiger partial charge in [-0.1, -0.05) is 6.42 Å². The smallest absolute Gasteiger partial charge is 0.124 e. The normalized spacial score (nSPS) is 29.2. The predicted molar refractivity (Wildman–Crippen MR) is 67.9 cm³/mol. The molecule has 17 heavy (non-hydrogen) atoms. The molecule has 0 radical (unpaired) electrons. The van der Waals surface area contributed by atoms with Crippen LogP contribution in [0.3, 0.4) is 0 Å². The van der Waals surface area contributed by atoms with Crippen molar-refractivity contribution in [3.05, 3.63) is 12.3 Å². The van der Waals surface area contributed by atoms with E-state index >= 15 is 0 Å². The van der Waals surface area contributed by atoms with Gasteiger partial charge in [-0.25, -0.2) is 4.68 Å². The fourth-order valence-corrected chi connectivity index (χ4v) is 2.75. The van der Waals surface area contributed by atoms with Gasteiger partial charge in [0.05, 0.1) is 12.2 Å². The van der Waals surface area contributed by atoms with Gasteiger partial charge in [-0.2, -0.15) is 5.10 Å². The van der Waals surface area contributed by atoms with Crippen molar-refractivity contribution in [2.45, 2.75) is 31.3 Å². The minimum atomic E-state index is 0.379. The lowest BCUT2D eigenvalue weighted by Gasteiger charge is -2.29. The van der Waals surface area contributed by atoms with Crippen molar-refractivity contribution in [3.8, 4) is 0 Å². The first-order chi connectivity index (χ1) is 8.34. The molecule has 2 atom stereocenters. The molecule has 4 N–H and O–H groups in total. The van der Waals surface area contributed by atoms with Crippen molar-refractivity contribution in [2.24, 2.45) is 11.7 Å². The molecule has 1 aromatic rings. The van der Waals surface area contributed by atoms with E-state index < -0.39 is 0 Å². The Hall–Kier alpha value is -1.07. The summed E-state index contributed by atoms with van der Waals surface area (Å²) in [6.07, 6.45) is 5.58. The van der Waals surface area contributed by atoms with Crippen molar-refractivity contribution in [1.82, 2.24) is 15.1 Å². The van der Waals surface area contributed by atoms with Crippen molar-refractivity contribution < 1.29 is 0 Å². The number of nitrogens with two attached hydrogens (primary N) is 1. The van der Waals surface area contributed by atoms with Crippen LogP contribution in [0.15, 0.2) is 12.3 Å². The van der Waals surface area contributed by atoms with Gasteiger partial charge < -0.3 is 16.4 Å². The van der Waals surface area contributed by atoms with E-state index in [4.69, 9.17) is 5.73 Å². The van der Waals surface area contributed by atoms with Gasteiger partial charge in [0.1, 0.15) is 5.82 Å². The lowest BCUT2D eigenvalue weighted by atomic mass is 10.1. The lowest BCUT2D eigenvalue weighted by molar-refractivity contribution is 0.321. The van der Waals surface area contributed by atoms with E-state index in [0.29, 0.717) is 18.0 Å². The summed E-state index contributed by atoms with van der Waals surface area (Å²) in [5.41, 5.74) is 6.08. The predicted octanol–water partition coefficient (Wildman–Crippen LogP) is 0.567. The summed E-state index contributed by atoms with van der Waals surface area (Å²) in [6, 6.07) is 2.95. The van der Waals surface area contributed by atoms with Gasteiger partial charge >= 0.3 is 0 Å². The van der Waals surface area contributed by atoms with Gasteiger partial charge in [-0.15, -0.1) is 0 Å². The van der Waals surface area contributed by atoms with Gasteiger partial charge in [0, 0.05) is 31.7 Å². The van der Waals surface area contributed by atoms with E-state index in [1.807, 2.05) is 6.20 Å². The molecule has 0 amide bonds. The average molecular weight is 235 g/mol. The minimum Gasteiger partial charge on any atom is -0.370 e. The number of rotatable bonds is 4. The number of nitrogens with one attached hydrogen (secondary N) is 2. The second-order valence-corrected chi connectivity index (χ2v) is 5.21. The summed E-state index contributed by atoms with van der Waals surface area (Å²) < 4.78 is 2.09. The zero-order valence-electron chi connectivity index (χ0n) is 10.1. The SMILES string of the molecule is N[C@@H]1CCC[C@@H]1CNc1ccnn1C1CNC1. The molecule has 5 heteroatoms. The average Bonchev–Trinajstić information content (AvgIpc) is 2.83. The molecule has 0 bridgehead atoms. The summed E-state index contributed by atoms with van der Waals surface area (Å²) in [4.78, 5) is 0. The Bertz CT molecular complexity index is 371. The van der Waals surface area contributed by atoms with E-state index in [1.165, 1.54) is 19.3 Å². The molecule has 3 rings (SSSR count). The molecule has 1 aromatic heterocycles. The maximum Gasteiger partial charge on any atom is 0.124 e. The highest BCUT2D eigenvalue weighted by atomic mass is 15.4. The zero-order valence-corrected chi connectivity index (χ0v) is 10.1. The summed E-state index contributed by atoms with van der Waals surface area (Å²) >= 11 is 0. The molecule has 94 valence electrons. The molecular formula is C12H21N5.